The minimum atomic E-state index is -0.668. The summed E-state index contributed by atoms with van der Waals surface area (Å²) in [5.74, 6) is -0.0474. The lowest BCUT2D eigenvalue weighted by atomic mass is 10.0. The van der Waals surface area contributed by atoms with Crippen molar-refractivity contribution >= 4 is 11.9 Å². The molecule has 3 N–H and O–H groups in total. The van der Waals surface area contributed by atoms with Crippen LogP contribution in [0.25, 0.3) is 0 Å². The monoisotopic (exact) mass is 766 g/mol. The molecule has 0 aliphatic carbocycles. The maximum absolute atomic E-state index is 12.4. The molecular formula is C48H95NO5. The summed E-state index contributed by atoms with van der Waals surface area (Å²) in [6, 6.07) is -0.546. The van der Waals surface area contributed by atoms with Crippen LogP contribution in [0.4, 0.5) is 0 Å². The summed E-state index contributed by atoms with van der Waals surface area (Å²) in [5, 5.41) is 23.1. The zero-order valence-corrected chi connectivity index (χ0v) is 36.5. The number of aliphatic hydroxyl groups is 2. The van der Waals surface area contributed by atoms with Crippen LogP contribution >= 0.6 is 0 Å². The van der Waals surface area contributed by atoms with E-state index in [1.807, 2.05) is 0 Å². The summed E-state index contributed by atoms with van der Waals surface area (Å²) in [5.41, 5.74) is 0. The minimum absolute atomic E-state index is 0.00229. The molecule has 0 heterocycles. The first-order valence-corrected chi connectivity index (χ1v) is 24.3. The van der Waals surface area contributed by atoms with Crippen molar-refractivity contribution in [3.63, 3.8) is 0 Å². The van der Waals surface area contributed by atoms with E-state index in [-0.39, 0.29) is 18.5 Å². The van der Waals surface area contributed by atoms with E-state index in [0.717, 1.165) is 51.4 Å². The zero-order valence-electron chi connectivity index (χ0n) is 36.5. The molecule has 0 saturated carbocycles. The molecule has 0 rings (SSSR count). The summed E-state index contributed by atoms with van der Waals surface area (Å²) in [6.45, 7) is 4.92. The van der Waals surface area contributed by atoms with Crippen LogP contribution in [0.3, 0.4) is 0 Å². The van der Waals surface area contributed by atoms with E-state index >= 15 is 0 Å². The first-order chi connectivity index (χ1) is 26.5. The first kappa shape index (κ1) is 52.9. The smallest absolute Gasteiger partial charge is 0.305 e. The number of carbonyl (C=O) groups excluding carboxylic acids is 2. The van der Waals surface area contributed by atoms with Gasteiger partial charge < -0.3 is 20.3 Å². The largest absolute Gasteiger partial charge is 0.466 e. The highest BCUT2D eigenvalue weighted by Gasteiger charge is 2.20. The molecule has 0 aromatic rings. The van der Waals surface area contributed by atoms with Gasteiger partial charge in [-0.15, -0.1) is 0 Å². The van der Waals surface area contributed by atoms with E-state index in [2.05, 4.69) is 19.2 Å². The normalized spacial score (nSPS) is 12.6. The summed E-state index contributed by atoms with van der Waals surface area (Å²) in [7, 11) is 0. The molecule has 0 aliphatic rings. The van der Waals surface area contributed by atoms with Crippen molar-refractivity contribution in [1.29, 1.82) is 0 Å². The lowest BCUT2D eigenvalue weighted by Crippen LogP contribution is -2.45. The molecule has 2 unspecified atom stereocenters. The molecule has 6 nitrogen and oxygen atoms in total. The van der Waals surface area contributed by atoms with Crippen molar-refractivity contribution in [2.75, 3.05) is 13.2 Å². The van der Waals surface area contributed by atoms with Gasteiger partial charge in [0, 0.05) is 12.8 Å². The quantitative estimate of drug-likeness (QED) is 0.0424. The number of esters is 1. The Morgan fingerprint density at radius 2 is 0.759 bits per heavy atom. The lowest BCUT2D eigenvalue weighted by Gasteiger charge is -2.22. The fourth-order valence-corrected chi connectivity index (χ4v) is 7.64. The number of carbonyl (C=O) groups is 2. The van der Waals surface area contributed by atoms with Crippen molar-refractivity contribution < 1.29 is 24.5 Å². The van der Waals surface area contributed by atoms with Crippen LogP contribution < -0.4 is 5.32 Å². The van der Waals surface area contributed by atoms with Crippen LogP contribution in [0, 0.1) is 0 Å². The summed E-state index contributed by atoms with van der Waals surface area (Å²) < 4.78 is 5.44. The van der Waals surface area contributed by atoms with Gasteiger partial charge in [0.1, 0.15) is 0 Å². The third-order valence-electron chi connectivity index (χ3n) is 11.4. The Bertz CT molecular complexity index is 761. The molecule has 1 amide bonds. The van der Waals surface area contributed by atoms with Gasteiger partial charge in [-0.1, -0.05) is 232 Å². The van der Waals surface area contributed by atoms with Gasteiger partial charge in [0.2, 0.25) is 5.91 Å². The van der Waals surface area contributed by atoms with Crippen molar-refractivity contribution in [3.8, 4) is 0 Å². The highest BCUT2D eigenvalue weighted by atomic mass is 16.5. The first-order valence-electron chi connectivity index (χ1n) is 24.3. The molecule has 54 heavy (non-hydrogen) atoms. The summed E-state index contributed by atoms with van der Waals surface area (Å²) >= 11 is 0. The Kier molecular flexibility index (Phi) is 43.6. The van der Waals surface area contributed by atoms with Gasteiger partial charge in [-0.3, -0.25) is 9.59 Å². The molecule has 0 radical (unpaired) electrons. The highest BCUT2D eigenvalue weighted by molar-refractivity contribution is 5.76. The van der Waals surface area contributed by atoms with Gasteiger partial charge in [0.25, 0.3) is 0 Å². The summed E-state index contributed by atoms with van der Waals surface area (Å²) in [6.07, 6.45) is 47.7. The van der Waals surface area contributed by atoms with Crippen molar-refractivity contribution in [2.45, 2.75) is 283 Å². The molecular weight excluding hydrogens is 671 g/mol. The number of hydrogen-bond acceptors (Lipinski definition) is 5. The fourth-order valence-electron chi connectivity index (χ4n) is 7.64. The predicted octanol–water partition coefficient (Wildman–Crippen LogP) is 14.0. The molecule has 0 aromatic heterocycles. The fraction of sp³-hybridized carbons (Fsp3) is 0.958. The third-order valence-corrected chi connectivity index (χ3v) is 11.4. The van der Waals surface area contributed by atoms with Crippen LogP contribution in [0.5, 0.6) is 0 Å². The number of rotatable bonds is 45. The Morgan fingerprint density at radius 1 is 0.444 bits per heavy atom. The van der Waals surface area contributed by atoms with Gasteiger partial charge in [-0.05, 0) is 25.7 Å². The van der Waals surface area contributed by atoms with Gasteiger partial charge in [-0.2, -0.15) is 0 Å². The van der Waals surface area contributed by atoms with Crippen LogP contribution in [0.1, 0.15) is 271 Å². The topological polar surface area (TPSA) is 95.9 Å². The number of ether oxygens (including phenoxy) is 1. The van der Waals surface area contributed by atoms with E-state index < -0.39 is 12.1 Å². The number of nitrogens with one attached hydrogen (secondary N) is 1. The number of amides is 1. The molecule has 0 spiro atoms. The molecule has 6 heteroatoms. The second-order valence-corrected chi connectivity index (χ2v) is 16.8. The maximum atomic E-state index is 12.4. The van der Waals surface area contributed by atoms with E-state index in [1.165, 1.54) is 186 Å². The molecule has 0 aromatic carbocycles. The Balaban J connectivity index is 3.43. The van der Waals surface area contributed by atoms with Crippen LogP contribution in [-0.2, 0) is 14.3 Å². The van der Waals surface area contributed by atoms with E-state index in [9.17, 15) is 19.8 Å². The van der Waals surface area contributed by atoms with E-state index in [0.29, 0.717) is 25.9 Å². The van der Waals surface area contributed by atoms with Crippen molar-refractivity contribution in [3.05, 3.63) is 0 Å². The molecule has 0 aliphatic heterocycles. The summed E-state index contributed by atoms with van der Waals surface area (Å²) in [4.78, 5) is 24.4. The minimum Gasteiger partial charge on any atom is -0.466 e. The molecule has 322 valence electrons. The number of hydrogen-bond donors (Lipinski definition) is 3. The van der Waals surface area contributed by atoms with Crippen LogP contribution in [0.2, 0.25) is 0 Å². The molecule has 0 bridgehead atoms. The second kappa shape index (κ2) is 44.6. The predicted molar refractivity (Wildman–Crippen MR) is 232 cm³/mol. The maximum Gasteiger partial charge on any atom is 0.305 e. The SMILES string of the molecule is CCCCCCCCCCCCCCC(O)C(CO)NC(=O)CCCCCCCCCCCCCCCCOC(=O)CCCCCCCCCCCCC. The number of unbranched alkanes of at least 4 members (excludes halogenated alkanes) is 34. The third kappa shape index (κ3) is 40.5. The van der Waals surface area contributed by atoms with Crippen LogP contribution in [0.15, 0.2) is 0 Å². The molecule has 2 atom stereocenters. The Labute approximate surface area is 336 Å². The van der Waals surface area contributed by atoms with Crippen molar-refractivity contribution in [1.82, 2.24) is 5.32 Å². The number of aliphatic hydroxyl groups excluding tert-OH is 2. The van der Waals surface area contributed by atoms with Gasteiger partial charge in [0.15, 0.2) is 0 Å². The average Bonchev–Trinajstić information content (AvgIpc) is 3.17. The van der Waals surface area contributed by atoms with Gasteiger partial charge >= 0.3 is 5.97 Å². The molecule has 0 fully saturated rings. The van der Waals surface area contributed by atoms with E-state index in [1.54, 1.807) is 0 Å². The second-order valence-electron chi connectivity index (χ2n) is 16.8. The average molecular weight is 766 g/mol. The standard InChI is InChI=1S/C48H95NO5/c1-3-5-7-9-11-13-15-21-24-28-32-36-40-46(51)45(44-50)49-47(52)41-37-33-29-25-22-18-16-17-19-23-27-31-35-39-43-54-48(53)42-38-34-30-26-20-14-12-10-8-6-4-2/h45-46,50-51H,3-44H2,1-2H3,(H,49,52). The highest BCUT2D eigenvalue weighted by Crippen LogP contribution is 2.16. The van der Waals surface area contributed by atoms with Crippen LogP contribution in [-0.4, -0.2) is 47.4 Å². The Hall–Kier alpha value is -1.14. The van der Waals surface area contributed by atoms with Crippen molar-refractivity contribution in [2.24, 2.45) is 0 Å². The van der Waals surface area contributed by atoms with E-state index in [4.69, 9.17) is 4.74 Å². The molecule has 0 saturated heterocycles. The van der Waals surface area contributed by atoms with Gasteiger partial charge in [0.05, 0.1) is 25.4 Å². The zero-order chi connectivity index (χ0) is 39.4. The van der Waals surface area contributed by atoms with Gasteiger partial charge in [-0.25, -0.2) is 0 Å². The lowest BCUT2D eigenvalue weighted by molar-refractivity contribution is -0.143. The Morgan fingerprint density at radius 3 is 1.13 bits per heavy atom.